The van der Waals surface area contributed by atoms with Crippen LogP contribution in [0.1, 0.15) is 33.8 Å². The molecular formula is C16H21NOS. The summed E-state index contributed by atoms with van der Waals surface area (Å²) in [6.07, 6.45) is 0. The summed E-state index contributed by atoms with van der Waals surface area (Å²) in [4.78, 5) is 2.67. The van der Waals surface area contributed by atoms with Crippen LogP contribution in [0.25, 0.3) is 0 Å². The first kappa shape index (κ1) is 14.1. The second kappa shape index (κ2) is 6.22. The molecule has 1 aromatic heterocycles. The lowest BCUT2D eigenvalue weighted by Crippen LogP contribution is -2.21. The summed E-state index contributed by atoms with van der Waals surface area (Å²) in [6, 6.07) is 11.0. The minimum Gasteiger partial charge on any atom is -0.496 e. The molecule has 2 nitrogen and oxygen atoms in total. The minimum atomic E-state index is 0.208. The van der Waals surface area contributed by atoms with E-state index in [1.54, 1.807) is 7.11 Å². The van der Waals surface area contributed by atoms with E-state index < -0.39 is 0 Å². The predicted molar refractivity (Wildman–Crippen MR) is 82.3 cm³/mol. The number of nitrogens with one attached hydrogen (secondary N) is 1. The average Bonchev–Trinajstić information content (AvgIpc) is 2.82. The molecule has 102 valence electrons. The van der Waals surface area contributed by atoms with Crippen molar-refractivity contribution in [2.24, 2.45) is 0 Å². The van der Waals surface area contributed by atoms with E-state index in [0.717, 1.165) is 12.3 Å². The maximum Gasteiger partial charge on any atom is 0.124 e. The first-order chi connectivity index (χ1) is 9.15. The van der Waals surface area contributed by atoms with E-state index in [-0.39, 0.29) is 6.04 Å². The lowest BCUT2D eigenvalue weighted by molar-refractivity contribution is 0.404. The standard InChI is InChI=1S/C16H21NOS/c1-5-17-16(15-9-7-12(3)19-15)13-8-6-11(2)10-14(13)18-4/h6-10,16-17H,5H2,1-4H3. The highest BCUT2D eigenvalue weighted by atomic mass is 32.1. The van der Waals surface area contributed by atoms with E-state index >= 15 is 0 Å². The molecule has 0 saturated heterocycles. The molecule has 2 rings (SSSR count). The molecule has 0 amide bonds. The van der Waals surface area contributed by atoms with Crippen LogP contribution in [0.3, 0.4) is 0 Å². The van der Waals surface area contributed by atoms with Gasteiger partial charge < -0.3 is 10.1 Å². The highest BCUT2D eigenvalue weighted by molar-refractivity contribution is 7.12. The summed E-state index contributed by atoms with van der Waals surface area (Å²) in [5.41, 5.74) is 2.43. The fourth-order valence-electron chi connectivity index (χ4n) is 2.23. The third-order valence-corrected chi connectivity index (χ3v) is 4.22. The topological polar surface area (TPSA) is 21.3 Å². The molecule has 0 aliphatic rings. The SMILES string of the molecule is CCNC(c1ccc(C)s1)c1ccc(C)cc1OC. The Kier molecular flexibility index (Phi) is 4.61. The third-order valence-electron chi connectivity index (χ3n) is 3.15. The molecule has 19 heavy (non-hydrogen) atoms. The molecular weight excluding hydrogens is 254 g/mol. The van der Waals surface area contributed by atoms with Gasteiger partial charge in [0.25, 0.3) is 0 Å². The van der Waals surface area contributed by atoms with Crippen LogP contribution in [-0.2, 0) is 0 Å². The number of hydrogen-bond donors (Lipinski definition) is 1. The summed E-state index contributed by atoms with van der Waals surface area (Å²) < 4.78 is 5.55. The van der Waals surface area contributed by atoms with Crippen molar-refractivity contribution in [1.82, 2.24) is 5.32 Å². The zero-order chi connectivity index (χ0) is 13.8. The lowest BCUT2D eigenvalue weighted by Gasteiger charge is -2.20. The number of methoxy groups -OCH3 is 1. The van der Waals surface area contributed by atoms with Crippen LogP contribution in [-0.4, -0.2) is 13.7 Å². The van der Waals surface area contributed by atoms with Crippen LogP contribution < -0.4 is 10.1 Å². The molecule has 0 fully saturated rings. The number of rotatable bonds is 5. The fraction of sp³-hybridized carbons (Fsp3) is 0.375. The molecule has 1 heterocycles. The minimum absolute atomic E-state index is 0.208. The molecule has 0 aliphatic heterocycles. The van der Waals surface area contributed by atoms with Gasteiger partial charge in [0.15, 0.2) is 0 Å². The summed E-state index contributed by atoms with van der Waals surface area (Å²) in [5.74, 6) is 0.956. The van der Waals surface area contributed by atoms with Gasteiger partial charge in [-0.05, 0) is 44.2 Å². The average molecular weight is 275 g/mol. The second-order valence-corrected chi connectivity index (χ2v) is 6.00. The van der Waals surface area contributed by atoms with E-state index in [0.29, 0.717) is 0 Å². The summed E-state index contributed by atoms with van der Waals surface area (Å²) >= 11 is 1.84. The van der Waals surface area contributed by atoms with E-state index in [1.807, 2.05) is 11.3 Å². The van der Waals surface area contributed by atoms with Gasteiger partial charge in [-0.1, -0.05) is 19.1 Å². The lowest BCUT2D eigenvalue weighted by atomic mass is 10.0. The quantitative estimate of drug-likeness (QED) is 0.888. The Labute approximate surface area is 119 Å². The molecule has 3 heteroatoms. The van der Waals surface area contributed by atoms with Crippen molar-refractivity contribution >= 4 is 11.3 Å². The second-order valence-electron chi connectivity index (χ2n) is 4.68. The third kappa shape index (κ3) is 3.17. The van der Waals surface area contributed by atoms with Crippen molar-refractivity contribution in [3.05, 3.63) is 51.2 Å². The van der Waals surface area contributed by atoms with Crippen LogP contribution in [0.15, 0.2) is 30.3 Å². The Balaban J connectivity index is 2.44. The maximum atomic E-state index is 5.55. The smallest absolute Gasteiger partial charge is 0.124 e. The Morgan fingerprint density at radius 3 is 2.58 bits per heavy atom. The summed E-state index contributed by atoms with van der Waals surface area (Å²) in [5, 5.41) is 3.55. The normalized spacial score (nSPS) is 12.4. The Hall–Kier alpha value is -1.32. The molecule has 1 aromatic carbocycles. The molecule has 2 aromatic rings. The highest BCUT2D eigenvalue weighted by Crippen LogP contribution is 2.34. The molecule has 1 unspecified atom stereocenters. The van der Waals surface area contributed by atoms with Crippen LogP contribution in [0.4, 0.5) is 0 Å². The zero-order valence-corrected chi connectivity index (χ0v) is 12.8. The van der Waals surface area contributed by atoms with Gasteiger partial charge in [0.2, 0.25) is 0 Å². The molecule has 0 aliphatic carbocycles. The van der Waals surface area contributed by atoms with Gasteiger partial charge in [-0.2, -0.15) is 0 Å². The van der Waals surface area contributed by atoms with Crippen molar-refractivity contribution in [3.8, 4) is 5.75 Å². The number of thiophene rings is 1. The number of ether oxygens (including phenoxy) is 1. The van der Waals surface area contributed by atoms with Crippen LogP contribution in [0.5, 0.6) is 5.75 Å². The Bertz CT molecular complexity index is 547. The first-order valence-corrected chi connectivity index (χ1v) is 7.41. The number of benzene rings is 1. The fourth-order valence-corrected chi connectivity index (χ4v) is 3.21. The van der Waals surface area contributed by atoms with E-state index in [9.17, 15) is 0 Å². The predicted octanol–water partition coefficient (Wildman–Crippen LogP) is 4.07. The molecule has 0 saturated carbocycles. The molecule has 0 radical (unpaired) electrons. The van der Waals surface area contributed by atoms with Gasteiger partial charge in [0.05, 0.1) is 13.2 Å². The highest BCUT2D eigenvalue weighted by Gasteiger charge is 2.18. The van der Waals surface area contributed by atoms with Crippen LogP contribution in [0, 0.1) is 13.8 Å². The van der Waals surface area contributed by atoms with Gasteiger partial charge in [-0.3, -0.25) is 0 Å². The maximum absolute atomic E-state index is 5.55. The monoisotopic (exact) mass is 275 g/mol. The zero-order valence-electron chi connectivity index (χ0n) is 12.0. The Morgan fingerprint density at radius 1 is 1.21 bits per heavy atom. The van der Waals surface area contributed by atoms with Gasteiger partial charge in [0.1, 0.15) is 5.75 Å². The van der Waals surface area contributed by atoms with Crippen molar-refractivity contribution < 1.29 is 4.74 Å². The number of hydrogen-bond acceptors (Lipinski definition) is 3. The van der Waals surface area contributed by atoms with E-state index in [2.05, 4.69) is 56.4 Å². The van der Waals surface area contributed by atoms with Crippen molar-refractivity contribution in [3.63, 3.8) is 0 Å². The van der Waals surface area contributed by atoms with E-state index in [1.165, 1.54) is 20.9 Å². The number of aryl methyl sites for hydroxylation is 2. The molecule has 0 spiro atoms. The van der Waals surface area contributed by atoms with Gasteiger partial charge >= 0.3 is 0 Å². The van der Waals surface area contributed by atoms with Gasteiger partial charge in [-0.25, -0.2) is 0 Å². The van der Waals surface area contributed by atoms with Crippen LogP contribution in [0.2, 0.25) is 0 Å². The first-order valence-electron chi connectivity index (χ1n) is 6.60. The van der Waals surface area contributed by atoms with E-state index in [4.69, 9.17) is 4.74 Å². The van der Waals surface area contributed by atoms with Crippen LogP contribution >= 0.6 is 11.3 Å². The molecule has 1 atom stereocenters. The summed E-state index contributed by atoms with van der Waals surface area (Å²) in [7, 11) is 1.74. The molecule has 1 N–H and O–H groups in total. The van der Waals surface area contributed by atoms with Crippen molar-refractivity contribution in [1.29, 1.82) is 0 Å². The van der Waals surface area contributed by atoms with Crippen molar-refractivity contribution in [2.45, 2.75) is 26.8 Å². The summed E-state index contributed by atoms with van der Waals surface area (Å²) in [6.45, 7) is 7.29. The van der Waals surface area contributed by atoms with Crippen molar-refractivity contribution in [2.75, 3.05) is 13.7 Å². The van der Waals surface area contributed by atoms with Gasteiger partial charge in [-0.15, -0.1) is 11.3 Å². The Morgan fingerprint density at radius 2 is 2.00 bits per heavy atom. The molecule has 0 bridgehead atoms. The van der Waals surface area contributed by atoms with Gasteiger partial charge in [0, 0.05) is 15.3 Å². The largest absolute Gasteiger partial charge is 0.496 e.